The Kier molecular flexibility index (Phi) is 7.49. The second kappa shape index (κ2) is 10.7. The highest BCUT2D eigenvalue weighted by atomic mass is 35.5. The van der Waals surface area contributed by atoms with Gasteiger partial charge in [-0.3, -0.25) is 14.4 Å². The number of hydrogen-bond donors (Lipinski definition) is 3. The van der Waals surface area contributed by atoms with E-state index < -0.39 is 41.5 Å². The fraction of sp³-hybridized carbons (Fsp3) is 0.483. The number of fused-ring (bicyclic) bond motifs is 1. The molecule has 0 saturated carbocycles. The molecular formula is C29H34ClN3O5. The van der Waals surface area contributed by atoms with Crippen molar-refractivity contribution < 1.29 is 24.2 Å². The summed E-state index contributed by atoms with van der Waals surface area (Å²) in [7, 11) is 0. The van der Waals surface area contributed by atoms with E-state index in [0.717, 1.165) is 5.56 Å². The summed E-state index contributed by atoms with van der Waals surface area (Å²) in [5, 5.41) is 16.8. The lowest BCUT2D eigenvalue weighted by molar-refractivity contribution is -0.144. The molecule has 3 heterocycles. The quantitative estimate of drug-likeness (QED) is 0.453. The predicted octanol–water partition coefficient (Wildman–Crippen LogP) is 3.38. The Bertz CT molecular complexity index is 1190. The molecular weight excluding hydrogens is 506 g/mol. The van der Waals surface area contributed by atoms with E-state index in [0.29, 0.717) is 36.5 Å². The summed E-state index contributed by atoms with van der Waals surface area (Å²) in [6, 6.07) is 14.8. The van der Waals surface area contributed by atoms with Gasteiger partial charge in [-0.1, -0.05) is 55.8 Å². The maximum Gasteiger partial charge on any atom is 0.250 e. The average Bonchev–Trinajstić information content (AvgIpc) is 3.55. The average molecular weight is 540 g/mol. The van der Waals surface area contributed by atoms with Gasteiger partial charge in [0, 0.05) is 17.3 Å². The van der Waals surface area contributed by atoms with E-state index in [1.165, 1.54) is 4.90 Å². The van der Waals surface area contributed by atoms with Crippen LogP contribution in [0.3, 0.4) is 0 Å². The van der Waals surface area contributed by atoms with E-state index in [1.807, 2.05) is 44.2 Å². The maximum absolute atomic E-state index is 14.1. The van der Waals surface area contributed by atoms with E-state index >= 15 is 0 Å². The molecule has 3 amide bonds. The zero-order chi connectivity index (χ0) is 27.0. The molecule has 6 atom stereocenters. The van der Waals surface area contributed by atoms with Crippen LogP contribution in [0.25, 0.3) is 0 Å². The molecule has 38 heavy (non-hydrogen) atoms. The molecule has 0 aromatic heterocycles. The second-order valence-electron chi connectivity index (χ2n) is 11.0. The molecule has 8 nitrogen and oxygen atoms in total. The Morgan fingerprint density at radius 2 is 1.84 bits per heavy atom. The van der Waals surface area contributed by atoms with Crippen LogP contribution in [-0.2, 0) is 25.7 Å². The number of likely N-dealkylation sites (tertiary alicyclic amines) is 1. The fourth-order valence-corrected chi connectivity index (χ4v) is 6.68. The number of rotatable bonds is 9. The number of halogens is 1. The summed E-state index contributed by atoms with van der Waals surface area (Å²) < 4.78 is 6.47. The molecule has 0 radical (unpaired) electrons. The van der Waals surface area contributed by atoms with Crippen LogP contribution in [0.15, 0.2) is 54.6 Å². The van der Waals surface area contributed by atoms with Crippen LogP contribution in [0.2, 0.25) is 5.02 Å². The van der Waals surface area contributed by atoms with Gasteiger partial charge in [-0.2, -0.15) is 0 Å². The van der Waals surface area contributed by atoms with Gasteiger partial charge in [0.1, 0.15) is 11.6 Å². The van der Waals surface area contributed by atoms with Gasteiger partial charge in [-0.05, 0) is 55.0 Å². The van der Waals surface area contributed by atoms with Gasteiger partial charge < -0.3 is 25.4 Å². The summed E-state index contributed by atoms with van der Waals surface area (Å²) in [6.45, 7) is 4.07. The van der Waals surface area contributed by atoms with Crippen LogP contribution >= 0.6 is 11.6 Å². The van der Waals surface area contributed by atoms with Crippen molar-refractivity contribution in [2.24, 2.45) is 17.8 Å². The number of benzene rings is 2. The van der Waals surface area contributed by atoms with Crippen LogP contribution in [0.5, 0.6) is 0 Å². The van der Waals surface area contributed by atoms with Crippen LogP contribution < -0.4 is 10.6 Å². The predicted molar refractivity (Wildman–Crippen MR) is 143 cm³/mol. The van der Waals surface area contributed by atoms with Gasteiger partial charge in [0.2, 0.25) is 17.7 Å². The maximum atomic E-state index is 14.1. The Morgan fingerprint density at radius 1 is 1.13 bits per heavy atom. The normalized spacial score (nSPS) is 28.4. The second-order valence-corrected chi connectivity index (χ2v) is 11.4. The minimum Gasteiger partial charge on any atom is -0.394 e. The molecule has 5 rings (SSSR count). The molecule has 2 aromatic rings. The first-order valence-electron chi connectivity index (χ1n) is 13.2. The molecule has 202 valence electrons. The van der Waals surface area contributed by atoms with E-state index in [4.69, 9.17) is 16.3 Å². The summed E-state index contributed by atoms with van der Waals surface area (Å²) >= 11 is 6.01. The Hall–Kier alpha value is -2.94. The topological polar surface area (TPSA) is 108 Å². The standard InChI is InChI=1S/C29H34ClN3O5/c1-17(2)14-21(16-34)33-25(27(36)32-20-10-8-19(30)9-11-20)29-13-12-22(38-29)23(24(29)28(33)37)26(35)31-15-18-6-4-3-5-7-18/h3-11,17,21-25,34H,12-16H2,1-2H3,(H,31,35)(H,32,36)/t21-,22-,23+,24+,25?,29?/m1/s1. The van der Waals surface area contributed by atoms with Crippen LogP contribution in [0, 0.1) is 17.8 Å². The highest BCUT2D eigenvalue weighted by molar-refractivity contribution is 6.30. The number of aliphatic hydroxyl groups is 1. The van der Waals surface area contributed by atoms with Crippen molar-refractivity contribution in [2.45, 2.75) is 63.4 Å². The largest absolute Gasteiger partial charge is 0.394 e. The van der Waals surface area contributed by atoms with Crippen LogP contribution in [0.1, 0.15) is 38.7 Å². The van der Waals surface area contributed by atoms with Crippen molar-refractivity contribution in [3.05, 3.63) is 65.2 Å². The summed E-state index contributed by atoms with van der Waals surface area (Å²) in [5.41, 5.74) is 0.370. The number of hydrogen-bond acceptors (Lipinski definition) is 5. The van der Waals surface area contributed by atoms with Gasteiger partial charge in [-0.15, -0.1) is 0 Å². The van der Waals surface area contributed by atoms with E-state index in [1.54, 1.807) is 24.3 Å². The van der Waals surface area contributed by atoms with E-state index in [-0.39, 0.29) is 24.3 Å². The lowest BCUT2D eigenvalue weighted by Crippen LogP contribution is -2.56. The highest BCUT2D eigenvalue weighted by Crippen LogP contribution is 2.59. The molecule has 3 saturated heterocycles. The summed E-state index contributed by atoms with van der Waals surface area (Å²) in [4.78, 5) is 43.0. The highest BCUT2D eigenvalue weighted by Gasteiger charge is 2.75. The number of ether oxygens (including phenoxy) is 1. The molecule has 3 fully saturated rings. The van der Waals surface area contributed by atoms with Gasteiger partial charge in [0.05, 0.1) is 30.6 Å². The van der Waals surface area contributed by atoms with Crippen molar-refractivity contribution in [3.63, 3.8) is 0 Å². The summed E-state index contributed by atoms with van der Waals surface area (Å²) in [6.07, 6.45) is 1.15. The van der Waals surface area contributed by atoms with Crippen molar-refractivity contribution in [3.8, 4) is 0 Å². The lowest BCUT2D eigenvalue weighted by Gasteiger charge is -2.37. The zero-order valence-electron chi connectivity index (χ0n) is 21.6. The number of nitrogens with one attached hydrogen (secondary N) is 2. The third-order valence-corrected chi connectivity index (χ3v) is 8.31. The molecule has 3 aliphatic heterocycles. The number of amides is 3. The Balaban J connectivity index is 1.46. The molecule has 2 bridgehead atoms. The first-order valence-corrected chi connectivity index (χ1v) is 13.6. The molecule has 2 aromatic carbocycles. The van der Waals surface area contributed by atoms with E-state index in [9.17, 15) is 19.5 Å². The monoisotopic (exact) mass is 539 g/mol. The van der Waals surface area contributed by atoms with Crippen LogP contribution in [0.4, 0.5) is 5.69 Å². The van der Waals surface area contributed by atoms with Gasteiger partial charge in [0.25, 0.3) is 0 Å². The molecule has 9 heteroatoms. The number of anilines is 1. The van der Waals surface area contributed by atoms with Crippen molar-refractivity contribution in [1.82, 2.24) is 10.2 Å². The molecule has 3 aliphatic rings. The number of nitrogens with zero attached hydrogens (tertiary/aromatic N) is 1. The first-order chi connectivity index (χ1) is 18.2. The number of carbonyl (C=O) groups excluding carboxylic acids is 3. The van der Waals surface area contributed by atoms with Gasteiger partial charge >= 0.3 is 0 Å². The van der Waals surface area contributed by atoms with Crippen molar-refractivity contribution in [1.29, 1.82) is 0 Å². The summed E-state index contributed by atoms with van der Waals surface area (Å²) in [5.74, 6) is -2.25. The minimum atomic E-state index is -1.13. The van der Waals surface area contributed by atoms with Crippen molar-refractivity contribution in [2.75, 3.05) is 11.9 Å². The molecule has 1 spiro atoms. The lowest BCUT2D eigenvalue weighted by atomic mass is 9.70. The van der Waals surface area contributed by atoms with Crippen LogP contribution in [-0.4, -0.2) is 58.1 Å². The zero-order valence-corrected chi connectivity index (χ0v) is 22.4. The number of carbonyl (C=O) groups is 3. The third kappa shape index (κ3) is 4.70. The fourth-order valence-electron chi connectivity index (χ4n) is 6.55. The molecule has 2 unspecified atom stereocenters. The molecule has 3 N–H and O–H groups in total. The SMILES string of the molecule is CC(C)C[C@H](CO)N1C(=O)[C@@H]2[C@@H](C(=O)NCc3ccccc3)[C@H]3CCC2(O3)C1C(=O)Nc1ccc(Cl)cc1. The first kappa shape index (κ1) is 26.7. The third-order valence-electron chi connectivity index (χ3n) is 8.06. The number of aliphatic hydroxyl groups excluding tert-OH is 1. The molecule has 0 aliphatic carbocycles. The van der Waals surface area contributed by atoms with E-state index in [2.05, 4.69) is 10.6 Å². The Labute approximate surface area is 227 Å². The van der Waals surface area contributed by atoms with Gasteiger partial charge in [0.15, 0.2) is 0 Å². The Morgan fingerprint density at radius 3 is 2.50 bits per heavy atom. The smallest absolute Gasteiger partial charge is 0.250 e. The minimum absolute atomic E-state index is 0.181. The van der Waals surface area contributed by atoms with Gasteiger partial charge in [-0.25, -0.2) is 0 Å². The van der Waals surface area contributed by atoms with Crippen molar-refractivity contribution >= 4 is 35.0 Å².